The van der Waals surface area contributed by atoms with Gasteiger partial charge in [0.2, 0.25) is 0 Å². The number of carbonyl (C=O) groups is 1. The fraction of sp³-hybridized carbons (Fsp3) is 0.409. The molecule has 1 aliphatic rings. The highest BCUT2D eigenvalue weighted by Gasteiger charge is 2.22. The van der Waals surface area contributed by atoms with Crippen molar-refractivity contribution in [3.05, 3.63) is 46.1 Å². The molecule has 1 aliphatic heterocycles. The van der Waals surface area contributed by atoms with Crippen LogP contribution < -0.4 is 10.2 Å². The van der Waals surface area contributed by atoms with Gasteiger partial charge in [-0.1, -0.05) is 18.9 Å². The number of aromatic nitrogens is 2. The van der Waals surface area contributed by atoms with Crippen molar-refractivity contribution in [2.75, 3.05) is 23.3 Å². The Hall–Kier alpha value is -2.47. The predicted octanol–water partition coefficient (Wildman–Crippen LogP) is 5.25. The van der Waals surface area contributed by atoms with Gasteiger partial charge in [-0.05, 0) is 62.4 Å². The van der Waals surface area contributed by atoms with Gasteiger partial charge in [0.25, 0.3) is 5.91 Å². The van der Waals surface area contributed by atoms with E-state index in [9.17, 15) is 4.79 Å². The lowest BCUT2D eigenvalue weighted by molar-refractivity contribution is 0.103. The maximum atomic E-state index is 13.0. The lowest BCUT2D eigenvalue weighted by Gasteiger charge is -2.22. The Morgan fingerprint density at radius 3 is 2.50 bits per heavy atom. The Kier molecular flexibility index (Phi) is 5.31. The lowest BCUT2D eigenvalue weighted by atomic mass is 10.1. The molecule has 1 fully saturated rings. The monoisotopic (exact) mass is 394 g/mol. The van der Waals surface area contributed by atoms with E-state index in [0.717, 1.165) is 40.4 Å². The number of thiophene rings is 1. The van der Waals surface area contributed by atoms with E-state index in [-0.39, 0.29) is 5.91 Å². The van der Waals surface area contributed by atoms with Crippen molar-refractivity contribution in [3.8, 4) is 0 Å². The van der Waals surface area contributed by atoms with Crippen molar-refractivity contribution < 1.29 is 4.79 Å². The molecule has 146 valence electrons. The molecule has 0 bridgehead atoms. The Bertz CT molecular complexity index is 1020. The standard InChI is InChI=1S/C22H26N4OS/c1-14-8-9-17(12-15(14)2)25-21(27)19-16(3)18-20(23-13-24-22(18)28-19)26-10-6-4-5-7-11-26/h8-9,12-13H,4-7,10-11H2,1-3H3,(H,25,27). The van der Waals surface area contributed by atoms with Gasteiger partial charge in [-0.3, -0.25) is 4.79 Å². The summed E-state index contributed by atoms with van der Waals surface area (Å²) in [5.74, 6) is 0.899. The Labute approximate surface area is 169 Å². The SMILES string of the molecule is Cc1ccc(NC(=O)c2sc3ncnc(N4CCCCCC4)c3c2C)cc1C. The van der Waals surface area contributed by atoms with Crippen LogP contribution in [0.3, 0.4) is 0 Å². The Balaban J connectivity index is 1.68. The van der Waals surface area contributed by atoms with Crippen molar-refractivity contribution in [3.63, 3.8) is 0 Å². The number of nitrogens with zero attached hydrogens (tertiary/aromatic N) is 3. The lowest BCUT2D eigenvalue weighted by Crippen LogP contribution is -2.25. The summed E-state index contributed by atoms with van der Waals surface area (Å²) in [5, 5.41) is 4.07. The van der Waals surface area contributed by atoms with Gasteiger partial charge < -0.3 is 10.2 Å². The molecule has 0 radical (unpaired) electrons. The molecule has 0 atom stereocenters. The van der Waals surface area contributed by atoms with Crippen LogP contribution in [0.5, 0.6) is 0 Å². The molecule has 0 spiro atoms. The molecule has 3 heterocycles. The number of benzene rings is 1. The molecule has 0 aliphatic carbocycles. The van der Waals surface area contributed by atoms with Gasteiger partial charge >= 0.3 is 0 Å². The van der Waals surface area contributed by atoms with Crippen LogP contribution in [-0.2, 0) is 0 Å². The van der Waals surface area contributed by atoms with E-state index < -0.39 is 0 Å². The number of carbonyl (C=O) groups excluding carboxylic acids is 1. The molecule has 1 amide bonds. The molecule has 0 saturated carbocycles. The number of hydrogen-bond acceptors (Lipinski definition) is 5. The number of amides is 1. The number of fused-ring (bicyclic) bond motifs is 1. The van der Waals surface area contributed by atoms with Crippen LogP contribution >= 0.6 is 11.3 Å². The molecule has 3 aromatic rings. The van der Waals surface area contributed by atoms with Crippen molar-refractivity contribution in [1.29, 1.82) is 0 Å². The third-order valence-electron chi connectivity index (χ3n) is 5.58. The molecule has 1 saturated heterocycles. The molecule has 1 N–H and O–H groups in total. The number of nitrogens with one attached hydrogen (secondary N) is 1. The van der Waals surface area contributed by atoms with Gasteiger partial charge in [0.15, 0.2) is 0 Å². The number of rotatable bonds is 3. The van der Waals surface area contributed by atoms with Crippen LogP contribution in [0.1, 0.15) is 52.0 Å². The van der Waals surface area contributed by atoms with Crippen molar-refractivity contribution in [2.45, 2.75) is 46.5 Å². The summed E-state index contributed by atoms with van der Waals surface area (Å²) in [6, 6.07) is 6.00. The molecule has 0 unspecified atom stereocenters. The highest BCUT2D eigenvalue weighted by Crippen LogP contribution is 2.36. The maximum Gasteiger partial charge on any atom is 0.266 e. The van der Waals surface area contributed by atoms with Crippen LogP contribution in [0.25, 0.3) is 10.2 Å². The first-order valence-corrected chi connectivity index (χ1v) is 10.7. The summed E-state index contributed by atoms with van der Waals surface area (Å²) < 4.78 is 0. The number of aryl methyl sites for hydroxylation is 3. The van der Waals surface area contributed by atoms with Gasteiger partial charge in [-0.15, -0.1) is 11.3 Å². The Morgan fingerprint density at radius 2 is 1.79 bits per heavy atom. The second-order valence-electron chi connectivity index (χ2n) is 7.59. The topological polar surface area (TPSA) is 58.1 Å². The van der Waals surface area contributed by atoms with Crippen molar-refractivity contribution in [1.82, 2.24) is 9.97 Å². The largest absolute Gasteiger partial charge is 0.356 e. The molecular formula is C22H26N4OS. The molecule has 2 aromatic heterocycles. The summed E-state index contributed by atoms with van der Waals surface area (Å²) in [7, 11) is 0. The van der Waals surface area contributed by atoms with Crippen LogP contribution in [0.2, 0.25) is 0 Å². The molecule has 1 aromatic carbocycles. The van der Waals surface area contributed by atoms with E-state index in [4.69, 9.17) is 0 Å². The van der Waals surface area contributed by atoms with E-state index in [1.165, 1.54) is 48.1 Å². The molecule has 5 nitrogen and oxygen atoms in total. The number of hydrogen-bond donors (Lipinski definition) is 1. The zero-order valence-corrected chi connectivity index (χ0v) is 17.5. The van der Waals surface area contributed by atoms with Crippen molar-refractivity contribution in [2.24, 2.45) is 0 Å². The fourth-order valence-corrected chi connectivity index (χ4v) is 4.84. The van der Waals surface area contributed by atoms with Gasteiger partial charge in [0.1, 0.15) is 17.0 Å². The first kappa shape index (κ1) is 18.9. The van der Waals surface area contributed by atoms with Gasteiger partial charge in [0, 0.05) is 18.8 Å². The Morgan fingerprint density at radius 1 is 1.04 bits per heavy atom. The van der Waals surface area contributed by atoms with Crippen molar-refractivity contribution >= 4 is 39.0 Å². The second kappa shape index (κ2) is 7.87. The molecule has 6 heteroatoms. The summed E-state index contributed by atoms with van der Waals surface area (Å²) >= 11 is 1.45. The van der Waals surface area contributed by atoms with Crippen LogP contribution in [0, 0.1) is 20.8 Å². The van der Waals surface area contributed by atoms with Gasteiger partial charge in [-0.25, -0.2) is 9.97 Å². The summed E-state index contributed by atoms with van der Waals surface area (Å²) in [6.07, 6.45) is 6.56. The minimum atomic E-state index is -0.0782. The quantitative estimate of drug-likeness (QED) is 0.659. The van der Waals surface area contributed by atoms with E-state index in [0.29, 0.717) is 4.88 Å². The minimum absolute atomic E-state index is 0.0782. The summed E-state index contributed by atoms with van der Waals surface area (Å²) in [5.41, 5.74) is 4.18. The highest BCUT2D eigenvalue weighted by atomic mass is 32.1. The van der Waals surface area contributed by atoms with E-state index in [2.05, 4.69) is 34.0 Å². The smallest absolute Gasteiger partial charge is 0.266 e. The average Bonchev–Trinajstić information content (AvgIpc) is 2.85. The van der Waals surface area contributed by atoms with Crippen LogP contribution in [-0.4, -0.2) is 29.0 Å². The highest BCUT2D eigenvalue weighted by molar-refractivity contribution is 7.20. The minimum Gasteiger partial charge on any atom is -0.356 e. The van der Waals surface area contributed by atoms with Crippen LogP contribution in [0.4, 0.5) is 11.5 Å². The predicted molar refractivity (Wildman–Crippen MR) is 117 cm³/mol. The van der Waals surface area contributed by atoms with E-state index >= 15 is 0 Å². The number of anilines is 2. The zero-order chi connectivity index (χ0) is 19.7. The summed E-state index contributed by atoms with van der Waals surface area (Å²) in [6.45, 7) is 8.18. The fourth-order valence-electron chi connectivity index (χ4n) is 3.80. The van der Waals surface area contributed by atoms with Crippen LogP contribution in [0.15, 0.2) is 24.5 Å². The summed E-state index contributed by atoms with van der Waals surface area (Å²) in [4.78, 5) is 26.0. The molecule has 28 heavy (non-hydrogen) atoms. The first-order valence-electron chi connectivity index (χ1n) is 9.92. The second-order valence-corrected chi connectivity index (χ2v) is 8.59. The normalized spacial score (nSPS) is 14.9. The van der Waals surface area contributed by atoms with E-state index in [1.54, 1.807) is 6.33 Å². The maximum absolute atomic E-state index is 13.0. The average molecular weight is 395 g/mol. The third kappa shape index (κ3) is 3.61. The zero-order valence-electron chi connectivity index (χ0n) is 16.7. The van der Waals surface area contributed by atoms with Gasteiger partial charge in [0.05, 0.1) is 10.3 Å². The van der Waals surface area contributed by atoms with E-state index in [1.807, 2.05) is 25.1 Å². The van der Waals surface area contributed by atoms with Gasteiger partial charge in [-0.2, -0.15) is 0 Å². The molecular weight excluding hydrogens is 368 g/mol. The molecule has 4 rings (SSSR count). The third-order valence-corrected chi connectivity index (χ3v) is 6.78. The first-order chi connectivity index (χ1) is 13.5.